The first-order valence-corrected chi connectivity index (χ1v) is 7.01. The molecule has 0 saturated heterocycles. The van der Waals surface area contributed by atoms with Crippen molar-refractivity contribution in [3.05, 3.63) is 11.5 Å². The maximum atomic E-state index is 12.0. The summed E-state index contributed by atoms with van der Waals surface area (Å²) in [6, 6.07) is 0. The molecular weight excluding hydrogens is 276 g/mol. The highest BCUT2D eigenvalue weighted by molar-refractivity contribution is 7.89. The van der Waals surface area contributed by atoms with Crippen molar-refractivity contribution in [2.24, 2.45) is 5.92 Å². The fourth-order valence-corrected chi connectivity index (χ4v) is 3.05. The largest absolute Gasteiger partial charge is 0.481 e. The van der Waals surface area contributed by atoms with Crippen LogP contribution in [0.15, 0.2) is 9.42 Å². The Balaban J connectivity index is 2.78. The van der Waals surface area contributed by atoms with Crippen LogP contribution in [0.3, 0.4) is 0 Å². The third-order valence-electron chi connectivity index (χ3n) is 2.52. The number of carbonyl (C=O) groups is 1. The number of aromatic nitrogens is 1. The molecule has 8 nitrogen and oxygen atoms in total. The van der Waals surface area contributed by atoms with Crippen molar-refractivity contribution < 1.29 is 27.9 Å². The highest BCUT2D eigenvalue weighted by Gasteiger charge is 2.25. The van der Waals surface area contributed by atoms with Crippen molar-refractivity contribution in [2.75, 3.05) is 13.2 Å². The van der Waals surface area contributed by atoms with Gasteiger partial charge in [-0.25, -0.2) is 13.1 Å². The Morgan fingerprint density at radius 3 is 2.53 bits per heavy atom. The predicted octanol–water partition coefficient (Wildman–Crippen LogP) is -0.347. The predicted molar refractivity (Wildman–Crippen MR) is 64.0 cm³/mol. The number of hydrogen-bond donors (Lipinski definition) is 3. The Morgan fingerprint density at radius 2 is 2.11 bits per heavy atom. The number of aryl methyl sites for hydroxylation is 2. The summed E-state index contributed by atoms with van der Waals surface area (Å²) in [4.78, 5) is 10.5. The molecule has 1 aromatic rings. The SMILES string of the molecule is Cc1noc(C)c1S(=O)(=O)NCC(CO)CC(=O)O. The van der Waals surface area contributed by atoms with Gasteiger partial charge in [0.05, 0.1) is 6.42 Å². The number of aliphatic hydroxyl groups is 1. The fraction of sp³-hybridized carbons (Fsp3) is 0.600. The average molecular weight is 292 g/mol. The minimum Gasteiger partial charge on any atom is -0.481 e. The molecule has 0 fully saturated rings. The number of carboxylic acid groups (broad SMARTS) is 1. The van der Waals surface area contributed by atoms with Gasteiger partial charge in [-0.3, -0.25) is 4.79 Å². The molecule has 0 radical (unpaired) electrons. The van der Waals surface area contributed by atoms with Crippen LogP contribution in [0.4, 0.5) is 0 Å². The van der Waals surface area contributed by atoms with Crippen molar-refractivity contribution in [1.29, 1.82) is 0 Å². The van der Waals surface area contributed by atoms with Crippen molar-refractivity contribution in [3.8, 4) is 0 Å². The van der Waals surface area contributed by atoms with E-state index in [0.29, 0.717) is 0 Å². The third-order valence-corrected chi connectivity index (χ3v) is 4.19. The quantitative estimate of drug-likeness (QED) is 0.626. The van der Waals surface area contributed by atoms with E-state index < -0.39 is 28.5 Å². The molecule has 0 aliphatic heterocycles. The molecule has 1 rings (SSSR count). The van der Waals surface area contributed by atoms with E-state index >= 15 is 0 Å². The number of rotatable bonds is 7. The van der Waals surface area contributed by atoms with E-state index in [4.69, 9.17) is 14.7 Å². The molecule has 0 bridgehead atoms. The third kappa shape index (κ3) is 4.01. The molecule has 0 aliphatic rings. The molecule has 0 aliphatic carbocycles. The molecule has 0 aromatic carbocycles. The highest BCUT2D eigenvalue weighted by atomic mass is 32.2. The zero-order chi connectivity index (χ0) is 14.6. The first-order chi connectivity index (χ1) is 8.77. The van der Waals surface area contributed by atoms with Gasteiger partial charge in [0.2, 0.25) is 10.0 Å². The van der Waals surface area contributed by atoms with Crippen LogP contribution in [0, 0.1) is 19.8 Å². The second-order valence-electron chi connectivity index (χ2n) is 4.15. The van der Waals surface area contributed by atoms with Crippen LogP contribution in [0.25, 0.3) is 0 Å². The molecule has 0 saturated carbocycles. The normalized spacial score (nSPS) is 13.4. The van der Waals surface area contributed by atoms with E-state index in [-0.39, 0.29) is 29.3 Å². The highest BCUT2D eigenvalue weighted by Crippen LogP contribution is 2.18. The molecule has 3 N–H and O–H groups in total. The van der Waals surface area contributed by atoms with Crippen LogP contribution in [0.2, 0.25) is 0 Å². The van der Waals surface area contributed by atoms with Crippen molar-refractivity contribution >= 4 is 16.0 Å². The summed E-state index contributed by atoms with van der Waals surface area (Å²) in [7, 11) is -3.83. The van der Waals surface area contributed by atoms with Crippen LogP contribution < -0.4 is 4.72 Å². The Kier molecular flexibility index (Phi) is 5.04. The number of nitrogens with zero attached hydrogens (tertiary/aromatic N) is 1. The fourth-order valence-electron chi connectivity index (χ4n) is 1.61. The van der Waals surface area contributed by atoms with Crippen LogP contribution in [0.5, 0.6) is 0 Å². The summed E-state index contributed by atoms with van der Waals surface area (Å²) < 4.78 is 31.0. The number of carboxylic acids is 1. The van der Waals surface area contributed by atoms with E-state index in [0.717, 1.165) is 0 Å². The van der Waals surface area contributed by atoms with Gasteiger partial charge >= 0.3 is 5.97 Å². The van der Waals surface area contributed by atoms with E-state index in [1.807, 2.05) is 0 Å². The van der Waals surface area contributed by atoms with E-state index in [2.05, 4.69) is 9.88 Å². The molecule has 1 heterocycles. The van der Waals surface area contributed by atoms with Gasteiger partial charge in [-0.15, -0.1) is 0 Å². The lowest BCUT2D eigenvalue weighted by Gasteiger charge is -2.12. The molecule has 9 heteroatoms. The summed E-state index contributed by atoms with van der Waals surface area (Å²) in [5, 5.41) is 21.1. The summed E-state index contributed by atoms with van der Waals surface area (Å²) >= 11 is 0. The van der Waals surface area contributed by atoms with E-state index in [1.54, 1.807) is 0 Å². The van der Waals surface area contributed by atoms with Gasteiger partial charge in [-0.05, 0) is 13.8 Å². The first-order valence-electron chi connectivity index (χ1n) is 5.53. The molecule has 1 unspecified atom stereocenters. The topological polar surface area (TPSA) is 130 Å². The van der Waals surface area contributed by atoms with Crippen molar-refractivity contribution in [3.63, 3.8) is 0 Å². The summed E-state index contributed by atoms with van der Waals surface area (Å²) in [6.45, 7) is 2.37. The van der Waals surface area contributed by atoms with Gasteiger partial charge in [0.15, 0.2) is 5.76 Å². The maximum absolute atomic E-state index is 12.0. The smallest absolute Gasteiger partial charge is 0.303 e. The van der Waals surface area contributed by atoms with E-state index in [1.165, 1.54) is 13.8 Å². The standard InChI is InChI=1S/C10H16N2O6S/c1-6-10(7(2)18-12-6)19(16,17)11-4-8(5-13)3-9(14)15/h8,11,13H,3-5H2,1-2H3,(H,14,15). The second-order valence-corrected chi connectivity index (χ2v) is 5.86. The Morgan fingerprint density at radius 1 is 1.47 bits per heavy atom. The van der Waals surface area contributed by atoms with Gasteiger partial charge in [-0.1, -0.05) is 5.16 Å². The van der Waals surface area contributed by atoms with E-state index in [9.17, 15) is 13.2 Å². The Bertz CT molecular complexity index is 531. The Hall–Kier alpha value is -1.45. The van der Waals surface area contributed by atoms with Gasteiger partial charge in [0.25, 0.3) is 0 Å². The minimum absolute atomic E-state index is 0.0560. The summed E-state index contributed by atoms with van der Waals surface area (Å²) in [6.07, 6.45) is -0.319. The first kappa shape index (κ1) is 15.6. The van der Waals surface area contributed by atoms with Crippen LogP contribution in [-0.2, 0) is 14.8 Å². The number of aliphatic carboxylic acids is 1. The number of aliphatic hydroxyl groups excluding tert-OH is 1. The zero-order valence-corrected chi connectivity index (χ0v) is 11.4. The molecular formula is C10H16N2O6S. The summed E-state index contributed by atoms with van der Waals surface area (Å²) in [5.74, 6) is -1.63. The van der Waals surface area contributed by atoms with Crippen molar-refractivity contribution in [1.82, 2.24) is 9.88 Å². The summed E-state index contributed by atoms with van der Waals surface area (Å²) in [5.41, 5.74) is 0.226. The monoisotopic (exact) mass is 292 g/mol. The van der Waals surface area contributed by atoms with Gasteiger partial charge < -0.3 is 14.7 Å². The minimum atomic E-state index is -3.83. The number of nitrogens with one attached hydrogen (secondary N) is 1. The van der Waals surface area contributed by atoms with Crippen LogP contribution in [-0.4, -0.2) is 42.9 Å². The van der Waals surface area contributed by atoms with Gasteiger partial charge in [0, 0.05) is 19.1 Å². The van der Waals surface area contributed by atoms with Gasteiger partial charge in [-0.2, -0.15) is 0 Å². The van der Waals surface area contributed by atoms with Gasteiger partial charge in [0.1, 0.15) is 10.6 Å². The second kappa shape index (κ2) is 6.13. The molecule has 0 spiro atoms. The number of hydrogen-bond acceptors (Lipinski definition) is 6. The molecule has 1 atom stereocenters. The zero-order valence-electron chi connectivity index (χ0n) is 10.6. The molecule has 1 aromatic heterocycles. The maximum Gasteiger partial charge on any atom is 0.303 e. The molecule has 108 valence electrons. The van der Waals surface area contributed by atoms with Crippen molar-refractivity contribution in [2.45, 2.75) is 25.2 Å². The lowest BCUT2D eigenvalue weighted by molar-refractivity contribution is -0.138. The Labute approximate surface area is 110 Å². The molecule has 0 amide bonds. The lowest BCUT2D eigenvalue weighted by Crippen LogP contribution is -2.32. The van der Waals surface area contributed by atoms with Crippen LogP contribution >= 0.6 is 0 Å². The number of sulfonamides is 1. The molecule has 19 heavy (non-hydrogen) atoms. The van der Waals surface area contributed by atoms with Crippen LogP contribution in [0.1, 0.15) is 17.9 Å². The lowest BCUT2D eigenvalue weighted by atomic mass is 10.1. The average Bonchev–Trinajstić information content (AvgIpc) is 2.64.